The first-order chi connectivity index (χ1) is 13.2. The number of hydrogen-bond donors (Lipinski definition) is 0. The zero-order valence-electron chi connectivity index (χ0n) is 14.8. The second-order valence-electron chi connectivity index (χ2n) is 6.25. The predicted molar refractivity (Wildman–Crippen MR) is 97.8 cm³/mol. The second kappa shape index (κ2) is 8.02. The van der Waals surface area contributed by atoms with E-state index < -0.39 is 17.6 Å². The molecule has 2 aromatic carbocycles. The molecule has 0 bridgehead atoms. The molecule has 0 fully saturated rings. The van der Waals surface area contributed by atoms with E-state index in [4.69, 9.17) is 11.6 Å². The summed E-state index contributed by atoms with van der Waals surface area (Å²) in [6.45, 7) is 0.359. The number of nitrogens with zero attached hydrogens (tertiary/aromatic N) is 4. The fraction of sp³-hybridized carbons (Fsp3) is 0.211. The summed E-state index contributed by atoms with van der Waals surface area (Å²) in [6, 6.07) is 12.1. The normalized spacial score (nSPS) is 11.5. The average molecular weight is 409 g/mol. The fourth-order valence-electron chi connectivity index (χ4n) is 2.66. The van der Waals surface area contributed by atoms with Gasteiger partial charge in [0.1, 0.15) is 0 Å². The molecule has 146 valence electrons. The first kappa shape index (κ1) is 19.9. The van der Waals surface area contributed by atoms with Crippen LogP contribution >= 0.6 is 11.6 Å². The molecule has 0 saturated heterocycles. The van der Waals surface area contributed by atoms with Gasteiger partial charge in [0, 0.05) is 18.6 Å². The van der Waals surface area contributed by atoms with Gasteiger partial charge in [0.25, 0.3) is 5.91 Å². The first-order valence-electron chi connectivity index (χ1n) is 8.29. The summed E-state index contributed by atoms with van der Waals surface area (Å²) < 4.78 is 40.0. The van der Waals surface area contributed by atoms with E-state index in [0.29, 0.717) is 17.1 Å². The lowest BCUT2D eigenvalue weighted by atomic mass is 10.1. The van der Waals surface area contributed by atoms with E-state index >= 15 is 0 Å². The van der Waals surface area contributed by atoms with E-state index in [1.54, 1.807) is 6.07 Å². The van der Waals surface area contributed by atoms with Crippen LogP contribution in [0.4, 0.5) is 13.2 Å². The van der Waals surface area contributed by atoms with E-state index in [9.17, 15) is 18.0 Å². The second-order valence-corrected chi connectivity index (χ2v) is 6.66. The van der Waals surface area contributed by atoms with Gasteiger partial charge in [0.2, 0.25) is 0 Å². The minimum Gasteiger partial charge on any atom is -0.336 e. The summed E-state index contributed by atoms with van der Waals surface area (Å²) in [7, 11) is 1.50. The maximum atomic E-state index is 12.8. The number of halogens is 4. The summed E-state index contributed by atoms with van der Waals surface area (Å²) >= 11 is 6.11. The van der Waals surface area contributed by atoms with E-state index in [-0.39, 0.29) is 12.2 Å². The molecule has 0 radical (unpaired) electrons. The van der Waals surface area contributed by atoms with Crippen molar-refractivity contribution >= 4 is 17.5 Å². The molecular formula is C19H16ClF3N4O. The lowest BCUT2D eigenvalue weighted by molar-refractivity contribution is -0.137. The smallest absolute Gasteiger partial charge is 0.336 e. The van der Waals surface area contributed by atoms with Gasteiger partial charge >= 0.3 is 6.18 Å². The Morgan fingerprint density at radius 2 is 1.93 bits per heavy atom. The van der Waals surface area contributed by atoms with Crippen molar-refractivity contribution in [1.29, 1.82) is 0 Å². The number of alkyl halides is 3. The van der Waals surface area contributed by atoms with Gasteiger partial charge in [-0.25, -0.2) is 4.68 Å². The minimum atomic E-state index is -4.43. The van der Waals surface area contributed by atoms with Crippen molar-refractivity contribution < 1.29 is 18.0 Å². The van der Waals surface area contributed by atoms with Crippen LogP contribution in [0.1, 0.15) is 27.2 Å². The summed E-state index contributed by atoms with van der Waals surface area (Å²) in [5.41, 5.74) is 0.539. The van der Waals surface area contributed by atoms with Crippen LogP contribution in [0.25, 0.3) is 0 Å². The van der Waals surface area contributed by atoms with Gasteiger partial charge in [-0.2, -0.15) is 13.2 Å². The van der Waals surface area contributed by atoms with Crippen LogP contribution in [0.3, 0.4) is 0 Å². The molecule has 0 aliphatic rings. The van der Waals surface area contributed by atoms with Crippen molar-refractivity contribution in [3.8, 4) is 0 Å². The molecule has 0 N–H and O–H groups in total. The van der Waals surface area contributed by atoms with Crippen LogP contribution < -0.4 is 0 Å². The third kappa shape index (κ3) is 4.69. The van der Waals surface area contributed by atoms with Crippen molar-refractivity contribution in [1.82, 2.24) is 19.9 Å². The van der Waals surface area contributed by atoms with Gasteiger partial charge < -0.3 is 4.90 Å². The largest absolute Gasteiger partial charge is 0.416 e. The Morgan fingerprint density at radius 3 is 2.64 bits per heavy atom. The minimum absolute atomic E-state index is 0.0140. The number of amides is 1. The average Bonchev–Trinajstić information content (AvgIpc) is 3.11. The van der Waals surface area contributed by atoms with Crippen molar-refractivity contribution in [2.75, 3.05) is 7.05 Å². The summed E-state index contributed by atoms with van der Waals surface area (Å²) in [4.78, 5) is 13.8. The van der Waals surface area contributed by atoms with Crippen molar-refractivity contribution in [2.45, 2.75) is 19.3 Å². The number of carbonyl (C=O) groups excluding carboxylic acids is 1. The molecule has 9 heteroatoms. The van der Waals surface area contributed by atoms with Crippen LogP contribution in [-0.2, 0) is 19.3 Å². The molecule has 0 unspecified atom stereocenters. The SMILES string of the molecule is CN(Cc1cccc(C(F)(F)F)c1)C(=O)c1cn(Cc2ccccc2Cl)nn1. The van der Waals surface area contributed by atoms with Crippen LogP contribution in [0.5, 0.6) is 0 Å². The van der Waals surface area contributed by atoms with Crippen LogP contribution in [-0.4, -0.2) is 32.8 Å². The van der Waals surface area contributed by atoms with Gasteiger partial charge in [0.05, 0.1) is 18.3 Å². The van der Waals surface area contributed by atoms with E-state index in [0.717, 1.165) is 17.7 Å². The number of hydrogen-bond acceptors (Lipinski definition) is 3. The highest BCUT2D eigenvalue weighted by Crippen LogP contribution is 2.29. The molecule has 0 saturated carbocycles. The lowest BCUT2D eigenvalue weighted by Crippen LogP contribution is -2.26. The molecule has 0 spiro atoms. The molecule has 3 rings (SSSR count). The molecular weight excluding hydrogens is 393 g/mol. The Hall–Kier alpha value is -2.87. The topological polar surface area (TPSA) is 51.0 Å². The molecule has 1 aromatic heterocycles. The van der Waals surface area contributed by atoms with Crippen LogP contribution in [0.2, 0.25) is 5.02 Å². The maximum absolute atomic E-state index is 12.8. The molecule has 1 amide bonds. The molecule has 0 aliphatic carbocycles. The zero-order chi connectivity index (χ0) is 20.3. The Morgan fingerprint density at radius 1 is 1.18 bits per heavy atom. The number of rotatable bonds is 5. The third-order valence-corrected chi connectivity index (χ3v) is 4.44. The van der Waals surface area contributed by atoms with Gasteiger partial charge in [-0.3, -0.25) is 4.79 Å². The zero-order valence-corrected chi connectivity index (χ0v) is 15.6. The molecule has 5 nitrogen and oxygen atoms in total. The van der Waals surface area contributed by atoms with Crippen molar-refractivity contribution in [3.05, 3.63) is 82.1 Å². The Labute approximate surface area is 164 Å². The summed E-state index contributed by atoms with van der Waals surface area (Å²) in [6.07, 6.45) is -2.95. The quantitative estimate of drug-likeness (QED) is 0.633. The Kier molecular flexibility index (Phi) is 5.69. The monoisotopic (exact) mass is 408 g/mol. The Bertz CT molecular complexity index is 987. The predicted octanol–water partition coefficient (Wildman–Crippen LogP) is 4.27. The number of aromatic nitrogens is 3. The summed E-state index contributed by atoms with van der Waals surface area (Å²) in [5.74, 6) is -0.442. The third-order valence-electron chi connectivity index (χ3n) is 4.07. The number of benzene rings is 2. The van der Waals surface area contributed by atoms with Crippen LogP contribution in [0, 0.1) is 0 Å². The molecule has 0 aliphatic heterocycles. The Balaban J connectivity index is 1.69. The molecule has 1 heterocycles. The molecule has 0 atom stereocenters. The standard InChI is InChI=1S/C19H16ClF3N4O/c1-26(10-13-5-4-7-15(9-13)19(21,22)23)18(28)17-12-27(25-24-17)11-14-6-2-3-8-16(14)20/h2-9,12H,10-11H2,1H3. The fourth-order valence-corrected chi connectivity index (χ4v) is 2.86. The van der Waals surface area contributed by atoms with Crippen molar-refractivity contribution in [2.24, 2.45) is 0 Å². The van der Waals surface area contributed by atoms with Crippen LogP contribution in [0.15, 0.2) is 54.7 Å². The molecule has 3 aromatic rings. The van der Waals surface area contributed by atoms with E-state index in [2.05, 4.69) is 10.3 Å². The highest BCUT2D eigenvalue weighted by Gasteiger charge is 2.30. The van der Waals surface area contributed by atoms with E-state index in [1.807, 2.05) is 18.2 Å². The van der Waals surface area contributed by atoms with Gasteiger partial charge in [-0.05, 0) is 29.3 Å². The van der Waals surface area contributed by atoms with Gasteiger partial charge in [-0.15, -0.1) is 5.10 Å². The van der Waals surface area contributed by atoms with Gasteiger partial charge in [-0.1, -0.05) is 47.1 Å². The molecule has 28 heavy (non-hydrogen) atoms. The van der Waals surface area contributed by atoms with Gasteiger partial charge in [0.15, 0.2) is 5.69 Å². The highest BCUT2D eigenvalue weighted by molar-refractivity contribution is 6.31. The van der Waals surface area contributed by atoms with E-state index in [1.165, 1.54) is 35.0 Å². The lowest BCUT2D eigenvalue weighted by Gasteiger charge is -2.16. The number of carbonyl (C=O) groups is 1. The highest BCUT2D eigenvalue weighted by atomic mass is 35.5. The first-order valence-corrected chi connectivity index (χ1v) is 8.67. The maximum Gasteiger partial charge on any atom is 0.416 e. The summed E-state index contributed by atoms with van der Waals surface area (Å²) in [5, 5.41) is 8.36. The van der Waals surface area contributed by atoms with Crippen molar-refractivity contribution in [3.63, 3.8) is 0 Å².